The number of anilines is 1. The van der Waals surface area contributed by atoms with Crippen LogP contribution in [0.5, 0.6) is 0 Å². The largest absolute Gasteiger partial charge is 0.468 e. The molecule has 1 atom stereocenters. The molecule has 2 fully saturated rings. The number of carbonyl (C=O) groups excluding carboxylic acids is 2. The second-order valence-corrected chi connectivity index (χ2v) is 8.85. The highest BCUT2D eigenvalue weighted by Gasteiger charge is 2.31. The molecule has 2 heterocycles. The number of rotatable bonds is 7. The zero-order valence-corrected chi connectivity index (χ0v) is 18.2. The third-order valence-corrected chi connectivity index (χ3v) is 6.50. The molecular weight excluding hydrogens is 402 g/mol. The van der Waals surface area contributed by atoms with Gasteiger partial charge in [-0.2, -0.15) is 0 Å². The highest BCUT2D eigenvalue weighted by Crippen LogP contribution is 2.32. The van der Waals surface area contributed by atoms with Gasteiger partial charge < -0.3 is 15.1 Å². The van der Waals surface area contributed by atoms with Crippen LogP contribution < -0.4 is 10.6 Å². The number of piperidine rings is 1. The number of hydrogen-bond donors (Lipinski definition) is 2. The van der Waals surface area contributed by atoms with Crippen LogP contribution in [0.1, 0.15) is 54.3 Å². The van der Waals surface area contributed by atoms with Gasteiger partial charge in [-0.25, -0.2) is 0 Å². The first-order chi connectivity index (χ1) is 15.7. The van der Waals surface area contributed by atoms with Crippen molar-refractivity contribution in [1.29, 1.82) is 0 Å². The molecule has 32 heavy (non-hydrogen) atoms. The molecule has 1 aromatic heterocycles. The average molecular weight is 432 g/mol. The van der Waals surface area contributed by atoms with E-state index in [1.807, 2.05) is 48.5 Å². The van der Waals surface area contributed by atoms with Gasteiger partial charge in [0.2, 0.25) is 5.91 Å². The second-order valence-electron chi connectivity index (χ2n) is 8.85. The third kappa shape index (κ3) is 4.55. The summed E-state index contributed by atoms with van der Waals surface area (Å²) in [6.45, 7) is 2.45. The number of hydrogen-bond acceptors (Lipinski definition) is 4. The van der Waals surface area contributed by atoms with Gasteiger partial charge >= 0.3 is 0 Å². The zero-order valence-electron chi connectivity index (χ0n) is 18.2. The van der Waals surface area contributed by atoms with Crippen LogP contribution in [-0.2, 0) is 4.79 Å². The van der Waals surface area contributed by atoms with E-state index in [2.05, 4.69) is 15.5 Å². The average Bonchev–Trinajstić information content (AvgIpc) is 3.55. The highest BCUT2D eigenvalue weighted by atomic mass is 16.3. The fourth-order valence-electron chi connectivity index (χ4n) is 4.52. The minimum absolute atomic E-state index is 0.000730. The Morgan fingerprint density at radius 3 is 2.44 bits per heavy atom. The minimum atomic E-state index is -0.185. The summed E-state index contributed by atoms with van der Waals surface area (Å²) in [5.74, 6) is 0.749. The van der Waals surface area contributed by atoms with Gasteiger partial charge in [-0.05, 0) is 73.8 Å². The summed E-state index contributed by atoms with van der Waals surface area (Å²) < 4.78 is 5.70. The maximum Gasteiger partial charge on any atom is 0.253 e. The number of furan rings is 1. The molecule has 1 saturated carbocycles. The van der Waals surface area contributed by atoms with Crippen molar-refractivity contribution in [1.82, 2.24) is 10.2 Å². The first-order valence-corrected chi connectivity index (χ1v) is 11.6. The van der Waals surface area contributed by atoms with Crippen LogP contribution in [0.15, 0.2) is 59.2 Å². The van der Waals surface area contributed by atoms with Gasteiger partial charge in [0, 0.05) is 12.5 Å². The van der Waals surface area contributed by atoms with Gasteiger partial charge in [0.05, 0.1) is 23.6 Å². The normalized spacial score (nSPS) is 17.8. The van der Waals surface area contributed by atoms with Gasteiger partial charge in [0.15, 0.2) is 0 Å². The molecule has 1 saturated heterocycles. The van der Waals surface area contributed by atoms with Crippen LogP contribution in [0.4, 0.5) is 5.69 Å². The van der Waals surface area contributed by atoms with Crippen LogP contribution >= 0.6 is 0 Å². The molecule has 1 unspecified atom stereocenters. The maximum absolute atomic E-state index is 13.3. The Labute approximate surface area is 188 Å². The van der Waals surface area contributed by atoms with E-state index < -0.39 is 0 Å². The van der Waals surface area contributed by atoms with Crippen molar-refractivity contribution in [2.45, 2.75) is 38.1 Å². The zero-order chi connectivity index (χ0) is 21.9. The lowest BCUT2D eigenvalue weighted by molar-refractivity contribution is -0.117. The Hall–Kier alpha value is -3.12. The third-order valence-electron chi connectivity index (χ3n) is 6.50. The van der Waals surface area contributed by atoms with E-state index in [1.165, 1.54) is 6.42 Å². The molecule has 2 aromatic carbocycles. The molecule has 0 spiro atoms. The molecule has 2 aliphatic rings. The molecule has 5 rings (SSSR count). The number of likely N-dealkylation sites (tertiary alicyclic amines) is 1. The molecule has 0 radical (unpaired) electrons. The van der Waals surface area contributed by atoms with Crippen molar-refractivity contribution in [3.05, 3.63) is 66.1 Å². The Balaban J connectivity index is 1.38. The predicted molar refractivity (Wildman–Crippen MR) is 125 cm³/mol. The number of nitrogens with zero attached hydrogens (tertiary/aromatic N) is 1. The van der Waals surface area contributed by atoms with Crippen molar-refractivity contribution in [2.24, 2.45) is 5.92 Å². The van der Waals surface area contributed by atoms with Gasteiger partial charge in [0.1, 0.15) is 5.76 Å². The fourth-order valence-corrected chi connectivity index (χ4v) is 4.52. The van der Waals surface area contributed by atoms with Crippen LogP contribution in [0.25, 0.3) is 10.8 Å². The van der Waals surface area contributed by atoms with Crippen molar-refractivity contribution in [2.75, 3.05) is 25.0 Å². The molecule has 1 aliphatic heterocycles. The van der Waals surface area contributed by atoms with E-state index in [-0.39, 0.29) is 23.8 Å². The number of benzene rings is 2. The Morgan fingerprint density at radius 1 is 1.00 bits per heavy atom. The molecular formula is C26H29N3O3. The summed E-state index contributed by atoms with van der Waals surface area (Å²) in [4.78, 5) is 28.2. The molecule has 1 aliphatic carbocycles. The van der Waals surface area contributed by atoms with Crippen LogP contribution in [0, 0.1) is 5.92 Å². The SMILES string of the molecule is O=C(NCC(c1ccco1)N1CCCCC1)c1cc2ccccc2cc1NC(=O)C1CC1. The van der Waals surface area contributed by atoms with Crippen molar-refractivity contribution < 1.29 is 14.0 Å². The van der Waals surface area contributed by atoms with Gasteiger partial charge in [-0.15, -0.1) is 0 Å². The van der Waals surface area contributed by atoms with E-state index in [9.17, 15) is 9.59 Å². The first-order valence-electron chi connectivity index (χ1n) is 11.6. The quantitative estimate of drug-likeness (QED) is 0.567. The Kier molecular flexibility index (Phi) is 5.95. The Morgan fingerprint density at radius 2 is 1.75 bits per heavy atom. The number of carbonyl (C=O) groups is 2. The lowest BCUT2D eigenvalue weighted by atomic mass is 10.0. The van der Waals surface area contributed by atoms with Crippen molar-refractivity contribution in [3.8, 4) is 0 Å². The second kappa shape index (κ2) is 9.17. The van der Waals surface area contributed by atoms with E-state index >= 15 is 0 Å². The van der Waals surface area contributed by atoms with Gasteiger partial charge in [0.25, 0.3) is 5.91 Å². The molecule has 2 N–H and O–H groups in total. The fraction of sp³-hybridized carbons (Fsp3) is 0.385. The summed E-state index contributed by atoms with van der Waals surface area (Å²) >= 11 is 0. The Bertz CT molecular complexity index is 1100. The van der Waals surface area contributed by atoms with Crippen LogP contribution in [-0.4, -0.2) is 36.3 Å². The first kappa shape index (κ1) is 20.8. The lowest BCUT2D eigenvalue weighted by Gasteiger charge is -2.33. The summed E-state index contributed by atoms with van der Waals surface area (Å²) in [5.41, 5.74) is 1.07. The number of amides is 2. The van der Waals surface area contributed by atoms with E-state index in [0.717, 1.165) is 55.3 Å². The van der Waals surface area contributed by atoms with Gasteiger partial charge in [-0.1, -0.05) is 30.7 Å². The van der Waals surface area contributed by atoms with E-state index in [4.69, 9.17) is 4.42 Å². The van der Waals surface area contributed by atoms with Gasteiger partial charge in [-0.3, -0.25) is 14.5 Å². The standard InChI is InChI=1S/C26H29N3O3/c30-25(18-10-11-18)28-22-16-20-8-3-2-7-19(20)15-21(22)26(31)27-17-23(24-9-6-14-32-24)29-12-4-1-5-13-29/h2-3,6-9,14-16,18,23H,1,4-5,10-13,17H2,(H,27,31)(H,28,30). The molecule has 6 nitrogen and oxygen atoms in total. The topological polar surface area (TPSA) is 74.6 Å². The predicted octanol–water partition coefficient (Wildman–Crippen LogP) is 4.74. The summed E-state index contributed by atoms with van der Waals surface area (Å²) in [6.07, 6.45) is 7.08. The van der Waals surface area contributed by atoms with Crippen LogP contribution in [0.3, 0.4) is 0 Å². The molecule has 0 bridgehead atoms. The molecule has 2 amide bonds. The summed E-state index contributed by atoms with van der Waals surface area (Å²) in [5, 5.41) is 8.08. The molecule has 166 valence electrons. The minimum Gasteiger partial charge on any atom is -0.468 e. The smallest absolute Gasteiger partial charge is 0.253 e. The lowest BCUT2D eigenvalue weighted by Crippen LogP contribution is -2.40. The maximum atomic E-state index is 13.3. The van der Waals surface area contributed by atoms with Crippen molar-refractivity contribution in [3.63, 3.8) is 0 Å². The highest BCUT2D eigenvalue weighted by molar-refractivity contribution is 6.08. The summed E-state index contributed by atoms with van der Waals surface area (Å²) in [6, 6.07) is 15.5. The molecule has 3 aromatic rings. The monoisotopic (exact) mass is 431 g/mol. The number of nitrogens with one attached hydrogen (secondary N) is 2. The number of fused-ring (bicyclic) bond motifs is 1. The molecule has 6 heteroatoms. The van der Waals surface area contributed by atoms with E-state index in [1.54, 1.807) is 6.26 Å². The summed E-state index contributed by atoms with van der Waals surface area (Å²) in [7, 11) is 0. The van der Waals surface area contributed by atoms with E-state index in [0.29, 0.717) is 17.8 Å². The van der Waals surface area contributed by atoms with Crippen LogP contribution in [0.2, 0.25) is 0 Å². The van der Waals surface area contributed by atoms with Crippen molar-refractivity contribution >= 4 is 28.3 Å².